The highest BCUT2D eigenvalue weighted by atomic mass is 16.5. The highest BCUT2D eigenvalue weighted by Gasteiger charge is 2.43. The molecule has 1 aliphatic rings. The third-order valence-corrected chi connectivity index (χ3v) is 3.79. The van der Waals surface area contributed by atoms with Gasteiger partial charge in [0.2, 0.25) is 0 Å². The van der Waals surface area contributed by atoms with Crippen molar-refractivity contribution in [1.82, 2.24) is 0 Å². The Hall–Kier alpha value is -0.120. The minimum absolute atomic E-state index is 0.153. The minimum Gasteiger partial charge on any atom is -0.390 e. The highest BCUT2D eigenvalue weighted by molar-refractivity contribution is 4.96. The lowest BCUT2D eigenvalue weighted by atomic mass is 9.74. The molecule has 0 radical (unpaired) electrons. The summed E-state index contributed by atoms with van der Waals surface area (Å²) in [6.45, 7) is 4.08. The third-order valence-electron chi connectivity index (χ3n) is 3.79. The Morgan fingerprint density at radius 3 is 2.27 bits per heavy atom. The number of methoxy groups -OCH3 is 2. The Labute approximate surface area is 92.8 Å². The number of rotatable bonds is 6. The van der Waals surface area contributed by atoms with Crippen molar-refractivity contribution in [1.29, 1.82) is 0 Å². The SMILES string of the molecule is COC(C)(C)CCC(O)C1(OC)CCC1. The molecule has 0 saturated heterocycles. The average molecular weight is 216 g/mol. The second-order valence-corrected chi connectivity index (χ2v) is 5.14. The zero-order chi connectivity index (χ0) is 11.5. The van der Waals surface area contributed by atoms with Gasteiger partial charge in [-0.25, -0.2) is 0 Å². The summed E-state index contributed by atoms with van der Waals surface area (Å²) in [5.74, 6) is 0. The lowest BCUT2D eigenvalue weighted by Gasteiger charge is -2.44. The normalized spacial score (nSPS) is 22.2. The Kier molecular flexibility index (Phi) is 4.15. The molecule has 0 heterocycles. The van der Waals surface area contributed by atoms with Gasteiger partial charge in [-0.05, 0) is 46.0 Å². The molecule has 1 rings (SSSR count). The van der Waals surface area contributed by atoms with E-state index in [2.05, 4.69) is 0 Å². The van der Waals surface area contributed by atoms with Crippen LogP contribution in [0.1, 0.15) is 46.0 Å². The average Bonchev–Trinajstić information content (AvgIpc) is 2.14. The summed E-state index contributed by atoms with van der Waals surface area (Å²) in [5, 5.41) is 10.1. The molecule has 0 spiro atoms. The Morgan fingerprint density at radius 2 is 1.93 bits per heavy atom. The summed E-state index contributed by atoms with van der Waals surface area (Å²) in [5.41, 5.74) is -0.413. The molecule has 3 heteroatoms. The summed E-state index contributed by atoms with van der Waals surface area (Å²) < 4.78 is 10.8. The topological polar surface area (TPSA) is 38.7 Å². The van der Waals surface area contributed by atoms with Crippen molar-refractivity contribution in [2.24, 2.45) is 0 Å². The van der Waals surface area contributed by atoms with Crippen molar-refractivity contribution in [2.45, 2.75) is 63.3 Å². The molecule has 1 aliphatic carbocycles. The molecule has 0 bridgehead atoms. The van der Waals surface area contributed by atoms with Gasteiger partial charge >= 0.3 is 0 Å². The summed E-state index contributed by atoms with van der Waals surface area (Å²) >= 11 is 0. The smallest absolute Gasteiger partial charge is 0.0936 e. The summed E-state index contributed by atoms with van der Waals surface area (Å²) in [7, 11) is 3.41. The van der Waals surface area contributed by atoms with Gasteiger partial charge in [0.1, 0.15) is 0 Å². The van der Waals surface area contributed by atoms with Gasteiger partial charge in [-0.1, -0.05) is 0 Å². The number of aliphatic hydroxyl groups is 1. The molecule has 1 fully saturated rings. The number of aliphatic hydroxyl groups excluding tert-OH is 1. The minimum atomic E-state index is -0.356. The van der Waals surface area contributed by atoms with Gasteiger partial charge in [-0.3, -0.25) is 0 Å². The van der Waals surface area contributed by atoms with Crippen molar-refractivity contribution in [3.63, 3.8) is 0 Å². The predicted octanol–water partition coefficient (Wildman–Crippen LogP) is 2.12. The number of hydrogen-bond acceptors (Lipinski definition) is 3. The molecule has 1 saturated carbocycles. The van der Waals surface area contributed by atoms with E-state index in [0.29, 0.717) is 0 Å². The van der Waals surface area contributed by atoms with Crippen LogP contribution in [0, 0.1) is 0 Å². The van der Waals surface area contributed by atoms with Gasteiger partial charge in [-0.15, -0.1) is 0 Å². The van der Waals surface area contributed by atoms with E-state index in [0.717, 1.165) is 25.7 Å². The quantitative estimate of drug-likeness (QED) is 0.739. The van der Waals surface area contributed by atoms with E-state index >= 15 is 0 Å². The van der Waals surface area contributed by atoms with Crippen LogP contribution in [0.2, 0.25) is 0 Å². The van der Waals surface area contributed by atoms with Crippen LogP contribution in [0.15, 0.2) is 0 Å². The van der Waals surface area contributed by atoms with Crippen molar-refractivity contribution >= 4 is 0 Å². The monoisotopic (exact) mass is 216 g/mol. The summed E-state index contributed by atoms with van der Waals surface area (Å²) in [4.78, 5) is 0. The molecule has 1 atom stereocenters. The van der Waals surface area contributed by atoms with E-state index in [1.165, 1.54) is 6.42 Å². The molecule has 0 aromatic rings. The second-order valence-electron chi connectivity index (χ2n) is 5.14. The molecule has 0 aliphatic heterocycles. The fourth-order valence-corrected chi connectivity index (χ4v) is 2.05. The first-order valence-corrected chi connectivity index (χ1v) is 5.74. The fourth-order valence-electron chi connectivity index (χ4n) is 2.05. The predicted molar refractivity (Wildman–Crippen MR) is 59.9 cm³/mol. The number of ether oxygens (including phenoxy) is 2. The van der Waals surface area contributed by atoms with E-state index < -0.39 is 0 Å². The van der Waals surface area contributed by atoms with Crippen molar-refractivity contribution in [3.8, 4) is 0 Å². The maximum absolute atomic E-state index is 10.1. The van der Waals surface area contributed by atoms with Crippen LogP contribution in [0.4, 0.5) is 0 Å². The van der Waals surface area contributed by atoms with Gasteiger partial charge < -0.3 is 14.6 Å². The standard InChI is InChI=1S/C12H24O3/c1-11(2,14-3)9-6-10(13)12(15-4)7-5-8-12/h10,13H,5-9H2,1-4H3. The molecule has 0 amide bonds. The van der Waals surface area contributed by atoms with E-state index in [9.17, 15) is 5.11 Å². The fraction of sp³-hybridized carbons (Fsp3) is 1.00. The molecule has 1 N–H and O–H groups in total. The first-order chi connectivity index (χ1) is 6.96. The van der Waals surface area contributed by atoms with Crippen LogP contribution in [-0.2, 0) is 9.47 Å². The van der Waals surface area contributed by atoms with Crippen LogP contribution in [-0.4, -0.2) is 36.6 Å². The van der Waals surface area contributed by atoms with Gasteiger partial charge in [-0.2, -0.15) is 0 Å². The summed E-state index contributed by atoms with van der Waals surface area (Å²) in [6, 6.07) is 0. The van der Waals surface area contributed by atoms with Crippen LogP contribution < -0.4 is 0 Å². The van der Waals surface area contributed by atoms with Crippen LogP contribution in [0.5, 0.6) is 0 Å². The molecular formula is C12H24O3. The first-order valence-electron chi connectivity index (χ1n) is 5.74. The summed E-state index contributed by atoms with van der Waals surface area (Å²) in [6.07, 6.45) is 4.38. The van der Waals surface area contributed by atoms with Crippen molar-refractivity contribution < 1.29 is 14.6 Å². The molecular weight excluding hydrogens is 192 g/mol. The molecule has 0 aromatic heterocycles. The highest BCUT2D eigenvalue weighted by Crippen LogP contribution is 2.40. The van der Waals surface area contributed by atoms with Crippen LogP contribution in [0.25, 0.3) is 0 Å². The molecule has 0 aromatic carbocycles. The van der Waals surface area contributed by atoms with Gasteiger partial charge in [0.25, 0.3) is 0 Å². The maximum Gasteiger partial charge on any atom is 0.0936 e. The zero-order valence-corrected chi connectivity index (χ0v) is 10.4. The van der Waals surface area contributed by atoms with Gasteiger partial charge in [0, 0.05) is 14.2 Å². The number of hydrogen-bond donors (Lipinski definition) is 1. The lowest BCUT2D eigenvalue weighted by molar-refractivity contribution is -0.155. The van der Waals surface area contributed by atoms with E-state index in [1.54, 1.807) is 14.2 Å². The zero-order valence-electron chi connectivity index (χ0n) is 10.4. The second kappa shape index (κ2) is 4.81. The first kappa shape index (κ1) is 12.9. The van der Waals surface area contributed by atoms with Gasteiger partial charge in [0.15, 0.2) is 0 Å². The third kappa shape index (κ3) is 2.92. The molecule has 1 unspecified atom stereocenters. The maximum atomic E-state index is 10.1. The molecule has 3 nitrogen and oxygen atoms in total. The van der Waals surface area contributed by atoms with Gasteiger partial charge in [0.05, 0.1) is 17.3 Å². The van der Waals surface area contributed by atoms with E-state index in [-0.39, 0.29) is 17.3 Å². The Bertz CT molecular complexity index is 192. The van der Waals surface area contributed by atoms with E-state index in [4.69, 9.17) is 9.47 Å². The van der Waals surface area contributed by atoms with Crippen LogP contribution >= 0.6 is 0 Å². The Morgan fingerprint density at radius 1 is 1.33 bits per heavy atom. The molecule has 90 valence electrons. The largest absolute Gasteiger partial charge is 0.390 e. The lowest BCUT2D eigenvalue weighted by Crippen LogP contribution is -2.50. The van der Waals surface area contributed by atoms with Crippen LogP contribution in [0.3, 0.4) is 0 Å². The van der Waals surface area contributed by atoms with Crippen molar-refractivity contribution in [2.75, 3.05) is 14.2 Å². The van der Waals surface area contributed by atoms with Crippen molar-refractivity contribution in [3.05, 3.63) is 0 Å². The molecule has 15 heavy (non-hydrogen) atoms. The van der Waals surface area contributed by atoms with E-state index in [1.807, 2.05) is 13.8 Å². The Balaban J connectivity index is 2.38.